The van der Waals surface area contributed by atoms with E-state index in [4.69, 9.17) is 0 Å². The molecule has 8 nitrogen and oxygen atoms in total. The smallest absolute Gasteiger partial charge is 0.303 e. The van der Waals surface area contributed by atoms with Crippen LogP contribution in [0.3, 0.4) is 0 Å². The van der Waals surface area contributed by atoms with Crippen LogP contribution in [0.25, 0.3) is 11.2 Å². The van der Waals surface area contributed by atoms with E-state index in [9.17, 15) is 9.59 Å². The van der Waals surface area contributed by atoms with Crippen molar-refractivity contribution in [2.45, 2.75) is 20.4 Å². The van der Waals surface area contributed by atoms with Gasteiger partial charge in [0.05, 0.1) is 5.71 Å². The molecule has 0 bridgehead atoms. The maximum Gasteiger partial charge on any atom is 0.332 e. The van der Waals surface area contributed by atoms with E-state index in [1.165, 1.54) is 11.6 Å². The highest BCUT2D eigenvalue weighted by molar-refractivity contribution is 5.99. The molecule has 0 aliphatic heterocycles. The van der Waals surface area contributed by atoms with Gasteiger partial charge in [-0.15, -0.1) is 0 Å². The normalized spacial score (nSPS) is 11.9. The highest BCUT2D eigenvalue weighted by Gasteiger charge is 2.18. The Balaban J connectivity index is 2.12. The van der Waals surface area contributed by atoms with E-state index in [1.807, 2.05) is 44.2 Å². The number of hydrazone groups is 1. The molecule has 3 aromatic rings. The predicted molar refractivity (Wildman–Crippen MR) is 98.2 cm³/mol. The maximum atomic E-state index is 12.5. The number of imidazole rings is 1. The van der Waals surface area contributed by atoms with Crippen molar-refractivity contribution >= 4 is 22.8 Å². The van der Waals surface area contributed by atoms with E-state index >= 15 is 0 Å². The quantitative estimate of drug-likeness (QED) is 0.573. The molecule has 2 heterocycles. The van der Waals surface area contributed by atoms with Gasteiger partial charge < -0.3 is 4.57 Å². The number of hydrogen-bond acceptors (Lipinski definition) is 5. The number of nitrogens with one attached hydrogen (secondary N) is 1. The summed E-state index contributed by atoms with van der Waals surface area (Å²) < 4.78 is 4.17. The summed E-state index contributed by atoms with van der Waals surface area (Å²) in [6.07, 6.45) is 0. The number of nitrogens with zero attached hydrogens (tertiary/aromatic N) is 5. The summed E-state index contributed by atoms with van der Waals surface area (Å²) in [6, 6.07) is 9.74. The second-order valence-corrected chi connectivity index (χ2v) is 5.73. The van der Waals surface area contributed by atoms with Crippen LogP contribution in [0.5, 0.6) is 0 Å². The average Bonchev–Trinajstić information content (AvgIpc) is 3.02. The zero-order valence-electron chi connectivity index (χ0n) is 14.6. The summed E-state index contributed by atoms with van der Waals surface area (Å²) in [7, 11) is 3.06. The van der Waals surface area contributed by atoms with E-state index < -0.39 is 5.69 Å². The standard InChI is InChI=1S/C17H20N6O2/c1-5-23-13-14(21(3)17(25)22(4)15(13)24)18-16(23)20-19-11(2)12-9-7-6-8-10-12/h6-10H,5H2,1-4H3,(H,18,20)/b19-11-. The molecule has 0 atom stereocenters. The van der Waals surface area contributed by atoms with Gasteiger partial charge in [0, 0.05) is 20.6 Å². The topological polar surface area (TPSA) is 86.2 Å². The first-order chi connectivity index (χ1) is 12.0. The van der Waals surface area contributed by atoms with E-state index in [-0.39, 0.29) is 5.56 Å². The zero-order valence-corrected chi connectivity index (χ0v) is 14.6. The predicted octanol–water partition coefficient (Wildman–Crippen LogP) is 1.29. The van der Waals surface area contributed by atoms with Crippen molar-refractivity contribution in [3.05, 3.63) is 56.7 Å². The zero-order chi connectivity index (χ0) is 18.1. The van der Waals surface area contributed by atoms with Gasteiger partial charge >= 0.3 is 5.69 Å². The Bertz CT molecular complexity index is 1070. The summed E-state index contributed by atoms with van der Waals surface area (Å²) in [4.78, 5) is 29.0. The number of rotatable bonds is 4. The molecule has 0 spiro atoms. The van der Waals surface area contributed by atoms with Gasteiger partial charge in [-0.05, 0) is 19.4 Å². The molecule has 0 saturated heterocycles. The van der Waals surface area contributed by atoms with Gasteiger partial charge in [0.15, 0.2) is 11.2 Å². The lowest BCUT2D eigenvalue weighted by Gasteiger charge is -2.06. The van der Waals surface area contributed by atoms with Crippen LogP contribution in [0.2, 0.25) is 0 Å². The Labute approximate surface area is 144 Å². The molecule has 0 radical (unpaired) electrons. The van der Waals surface area contributed by atoms with Gasteiger partial charge in [0.2, 0.25) is 5.95 Å². The summed E-state index contributed by atoms with van der Waals surface area (Å²) in [5, 5.41) is 4.36. The lowest BCUT2D eigenvalue weighted by molar-refractivity contribution is 0.700. The van der Waals surface area contributed by atoms with Crippen molar-refractivity contribution in [2.24, 2.45) is 19.2 Å². The molecule has 0 saturated carbocycles. The van der Waals surface area contributed by atoms with Crippen LogP contribution >= 0.6 is 0 Å². The molecule has 0 unspecified atom stereocenters. The lowest BCUT2D eigenvalue weighted by Crippen LogP contribution is -2.37. The second-order valence-electron chi connectivity index (χ2n) is 5.73. The third-order valence-corrected chi connectivity index (χ3v) is 4.18. The number of hydrogen-bond donors (Lipinski definition) is 1. The molecular weight excluding hydrogens is 320 g/mol. The first-order valence-corrected chi connectivity index (χ1v) is 7.97. The van der Waals surface area contributed by atoms with Gasteiger partial charge in [-0.2, -0.15) is 10.1 Å². The van der Waals surface area contributed by atoms with Crippen LogP contribution in [0.15, 0.2) is 45.0 Å². The van der Waals surface area contributed by atoms with Crippen LogP contribution in [-0.2, 0) is 20.6 Å². The van der Waals surface area contributed by atoms with Crippen molar-refractivity contribution in [1.29, 1.82) is 0 Å². The maximum absolute atomic E-state index is 12.5. The fraction of sp³-hybridized carbons (Fsp3) is 0.294. The van der Waals surface area contributed by atoms with Gasteiger partial charge in [-0.1, -0.05) is 30.3 Å². The van der Waals surface area contributed by atoms with Gasteiger partial charge in [0.1, 0.15) is 0 Å². The summed E-state index contributed by atoms with van der Waals surface area (Å²) >= 11 is 0. The number of fused-ring (bicyclic) bond motifs is 1. The molecular formula is C17H20N6O2. The number of aryl methyl sites for hydroxylation is 2. The third kappa shape index (κ3) is 2.75. The van der Waals surface area contributed by atoms with Crippen molar-refractivity contribution in [3.63, 3.8) is 0 Å². The Morgan fingerprint density at radius 3 is 2.48 bits per heavy atom. The van der Waals surface area contributed by atoms with Crippen LogP contribution < -0.4 is 16.7 Å². The van der Waals surface area contributed by atoms with Crippen LogP contribution in [0, 0.1) is 0 Å². The first-order valence-electron chi connectivity index (χ1n) is 7.97. The van der Waals surface area contributed by atoms with Crippen LogP contribution in [-0.4, -0.2) is 24.4 Å². The Kier molecular flexibility index (Phi) is 4.26. The highest BCUT2D eigenvalue weighted by atomic mass is 16.2. The van der Waals surface area contributed by atoms with Gasteiger partial charge in [-0.25, -0.2) is 10.2 Å². The van der Waals surface area contributed by atoms with E-state index in [1.54, 1.807) is 11.6 Å². The second kappa shape index (κ2) is 6.39. The molecule has 1 N–H and O–H groups in total. The largest absolute Gasteiger partial charge is 0.332 e. The van der Waals surface area contributed by atoms with Crippen LogP contribution in [0.1, 0.15) is 19.4 Å². The molecule has 0 aliphatic carbocycles. The molecule has 0 aliphatic rings. The average molecular weight is 340 g/mol. The summed E-state index contributed by atoms with van der Waals surface area (Å²) in [6.45, 7) is 4.31. The number of anilines is 1. The van der Waals surface area contributed by atoms with Crippen LogP contribution in [0.4, 0.5) is 5.95 Å². The summed E-state index contributed by atoms with van der Waals surface area (Å²) in [5.41, 5.74) is 4.63. The van der Waals surface area contributed by atoms with Gasteiger partial charge in [0.25, 0.3) is 5.56 Å². The SMILES string of the molecule is CCn1c(N/N=C(/C)c2ccccc2)nc2c1c(=O)n(C)c(=O)n2C. The minimum atomic E-state index is -0.409. The fourth-order valence-corrected chi connectivity index (χ4v) is 2.72. The third-order valence-electron chi connectivity index (χ3n) is 4.18. The fourth-order valence-electron chi connectivity index (χ4n) is 2.72. The lowest BCUT2D eigenvalue weighted by atomic mass is 10.1. The Morgan fingerprint density at radius 2 is 1.84 bits per heavy atom. The Hall–Kier alpha value is -3.16. The number of aromatic nitrogens is 4. The van der Waals surface area contributed by atoms with E-state index in [0.29, 0.717) is 23.7 Å². The molecule has 2 aromatic heterocycles. The molecule has 130 valence electrons. The molecule has 1 aromatic carbocycles. The first kappa shape index (κ1) is 16.7. The minimum Gasteiger partial charge on any atom is -0.303 e. The Morgan fingerprint density at radius 1 is 1.16 bits per heavy atom. The molecule has 0 fully saturated rings. The highest BCUT2D eigenvalue weighted by Crippen LogP contribution is 2.15. The minimum absolute atomic E-state index is 0.338. The molecule has 3 rings (SSSR count). The van der Waals surface area contributed by atoms with Crippen molar-refractivity contribution in [2.75, 3.05) is 5.43 Å². The monoisotopic (exact) mass is 340 g/mol. The van der Waals surface area contributed by atoms with Crippen molar-refractivity contribution in [3.8, 4) is 0 Å². The number of benzene rings is 1. The molecule has 8 heteroatoms. The molecule has 0 amide bonds. The van der Waals surface area contributed by atoms with Gasteiger partial charge in [-0.3, -0.25) is 13.9 Å². The van der Waals surface area contributed by atoms with E-state index in [0.717, 1.165) is 15.8 Å². The van der Waals surface area contributed by atoms with E-state index in [2.05, 4.69) is 15.5 Å². The van der Waals surface area contributed by atoms with Crippen molar-refractivity contribution < 1.29 is 0 Å². The van der Waals surface area contributed by atoms with Crippen molar-refractivity contribution in [1.82, 2.24) is 18.7 Å². The molecule has 25 heavy (non-hydrogen) atoms. The summed E-state index contributed by atoms with van der Waals surface area (Å²) in [5.74, 6) is 0.422.